The van der Waals surface area contributed by atoms with Gasteiger partial charge in [0.15, 0.2) is 0 Å². The second-order valence-corrected chi connectivity index (χ2v) is 3.09. The van der Waals surface area contributed by atoms with Crippen LogP contribution in [-0.2, 0) is 0 Å². The van der Waals surface area contributed by atoms with Crippen molar-refractivity contribution in [3.05, 3.63) is 23.5 Å². The number of amides is 1. The highest BCUT2D eigenvalue weighted by Gasteiger charge is 2.10. The van der Waals surface area contributed by atoms with E-state index < -0.39 is 0 Å². The van der Waals surface area contributed by atoms with Crippen LogP contribution in [0.1, 0.15) is 16.1 Å². The van der Waals surface area contributed by atoms with Gasteiger partial charge in [0.1, 0.15) is 17.3 Å². The van der Waals surface area contributed by atoms with Gasteiger partial charge in [-0.1, -0.05) is 0 Å². The molecule has 1 amide bonds. The topological polar surface area (TPSA) is 112 Å². The number of nitrogens with one attached hydrogen (secondary N) is 3. The number of aromatic amines is 2. The maximum atomic E-state index is 11.6. The van der Waals surface area contributed by atoms with E-state index in [1.54, 1.807) is 6.20 Å². The van der Waals surface area contributed by atoms with E-state index in [0.717, 1.165) is 5.56 Å². The van der Waals surface area contributed by atoms with Gasteiger partial charge in [0, 0.05) is 11.6 Å². The zero-order valence-corrected chi connectivity index (χ0v) is 8.03. The number of carbonyl (C=O) groups is 1. The van der Waals surface area contributed by atoms with Crippen LogP contribution in [0, 0.1) is 6.92 Å². The minimum absolute atomic E-state index is 0.279. The average Bonchev–Trinajstić information content (AvgIpc) is 2.77. The van der Waals surface area contributed by atoms with Crippen molar-refractivity contribution in [1.82, 2.24) is 20.4 Å². The minimum atomic E-state index is -0.313. The lowest BCUT2D eigenvalue weighted by Gasteiger charge is -2.00. The van der Waals surface area contributed by atoms with Crippen molar-refractivity contribution in [1.29, 1.82) is 0 Å². The van der Waals surface area contributed by atoms with Crippen LogP contribution in [0.3, 0.4) is 0 Å². The highest BCUT2D eigenvalue weighted by molar-refractivity contribution is 6.03. The van der Waals surface area contributed by atoms with E-state index in [-0.39, 0.29) is 11.7 Å². The number of nitrogens with two attached hydrogens (primary N) is 1. The lowest BCUT2D eigenvalue weighted by molar-refractivity contribution is 0.102. The number of hydrogen-bond donors (Lipinski definition) is 4. The predicted molar refractivity (Wildman–Crippen MR) is 54.3 cm³/mol. The number of carbonyl (C=O) groups excluding carboxylic acids is 1. The summed E-state index contributed by atoms with van der Waals surface area (Å²) in [5, 5.41) is 15.3. The number of aromatic nitrogens is 4. The summed E-state index contributed by atoms with van der Waals surface area (Å²) in [5.41, 5.74) is 6.54. The van der Waals surface area contributed by atoms with Gasteiger partial charge in [0.05, 0.1) is 6.20 Å². The maximum absolute atomic E-state index is 11.6. The quantitative estimate of drug-likeness (QED) is 0.565. The molecule has 2 aromatic rings. The SMILES string of the molecule is Cc1cn[nH]c1NC(=O)c1cc(N)n[nH]1. The Labute approximate surface area is 85.1 Å². The molecule has 0 aliphatic carbocycles. The fraction of sp³-hybridized carbons (Fsp3) is 0.125. The highest BCUT2D eigenvalue weighted by atomic mass is 16.2. The number of anilines is 2. The summed E-state index contributed by atoms with van der Waals surface area (Å²) >= 11 is 0. The summed E-state index contributed by atoms with van der Waals surface area (Å²) in [5.74, 6) is 0.529. The molecule has 0 atom stereocenters. The Morgan fingerprint density at radius 1 is 1.53 bits per heavy atom. The van der Waals surface area contributed by atoms with Crippen molar-refractivity contribution in [2.75, 3.05) is 11.1 Å². The molecule has 0 radical (unpaired) electrons. The van der Waals surface area contributed by atoms with Crippen LogP contribution in [0.2, 0.25) is 0 Å². The third kappa shape index (κ3) is 1.80. The van der Waals surface area contributed by atoms with Crippen LogP contribution < -0.4 is 11.1 Å². The molecule has 0 saturated carbocycles. The Kier molecular flexibility index (Phi) is 2.13. The van der Waals surface area contributed by atoms with Crippen LogP contribution in [-0.4, -0.2) is 26.3 Å². The molecule has 2 rings (SSSR count). The number of aryl methyl sites for hydroxylation is 1. The number of hydrogen-bond acceptors (Lipinski definition) is 4. The molecule has 7 nitrogen and oxygen atoms in total. The zero-order chi connectivity index (χ0) is 10.8. The number of H-pyrrole nitrogens is 2. The second-order valence-electron chi connectivity index (χ2n) is 3.09. The Balaban J connectivity index is 2.14. The summed E-state index contributed by atoms with van der Waals surface area (Å²) in [7, 11) is 0. The Morgan fingerprint density at radius 3 is 2.87 bits per heavy atom. The van der Waals surface area contributed by atoms with Gasteiger partial charge in [-0.05, 0) is 6.92 Å². The normalized spacial score (nSPS) is 10.2. The van der Waals surface area contributed by atoms with E-state index in [4.69, 9.17) is 5.73 Å². The largest absolute Gasteiger partial charge is 0.382 e. The molecular formula is C8H10N6O. The molecule has 0 bridgehead atoms. The predicted octanol–water partition coefficient (Wildman–Crippen LogP) is 0.276. The van der Waals surface area contributed by atoms with E-state index in [2.05, 4.69) is 25.7 Å². The first-order valence-corrected chi connectivity index (χ1v) is 4.29. The van der Waals surface area contributed by atoms with Gasteiger partial charge in [-0.15, -0.1) is 0 Å². The Bertz CT molecular complexity index is 485. The first-order chi connectivity index (χ1) is 7.16. The highest BCUT2D eigenvalue weighted by Crippen LogP contribution is 2.10. The van der Waals surface area contributed by atoms with Crippen molar-refractivity contribution in [3.63, 3.8) is 0 Å². The maximum Gasteiger partial charge on any atom is 0.274 e. The summed E-state index contributed by atoms with van der Waals surface area (Å²) < 4.78 is 0. The minimum Gasteiger partial charge on any atom is -0.382 e. The van der Waals surface area contributed by atoms with E-state index in [1.807, 2.05) is 6.92 Å². The standard InChI is InChI=1S/C8H10N6O/c1-4-3-10-14-7(4)11-8(15)5-2-6(9)13-12-5/h2-3H,1H3,(H3,9,12,13)(H2,10,11,14,15). The number of nitrogen functional groups attached to an aromatic ring is 1. The number of nitrogens with zero attached hydrogens (tertiary/aromatic N) is 2. The van der Waals surface area contributed by atoms with Crippen LogP contribution in [0.15, 0.2) is 12.3 Å². The van der Waals surface area contributed by atoms with E-state index in [9.17, 15) is 4.79 Å². The summed E-state index contributed by atoms with van der Waals surface area (Å²) in [6.45, 7) is 1.83. The van der Waals surface area contributed by atoms with Gasteiger partial charge in [-0.2, -0.15) is 10.2 Å². The first kappa shape index (κ1) is 9.25. The molecule has 0 aromatic carbocycles. The number of rotatable bonds is 2. The fourth-order valence-electron chi connectivity index (χ4n) is 1.11. The molecule has 0 unspecified atom stereocenters. The van der Waals surface area contributed by atoms with E-state index in [0.29, 0.717) is 11.5 Å². The molecule has 7 heteroatoms. The van der Waals surface area contributed by atoms with Crippen LogP contribution in [0.25, 0.3) is 0 Å². The molecular weight excluding hydrogens is 196 g/mol. The van der Waals surface area contributed by atoms with Crippen molar-refractivity contribution < 1.29 is 4.79 Å². The van der Waals surface area contributed by atoms with Crippen LogP contribution in [0.4, 0.5) is 11.6 Å². The second kappa shape index (κ2) is 3.45. The molecule has 78 valence electrons. The fourth-order valence-corrected chi connectivity index (χ4v) is 1.11. The van der Waals surface area contributed by atoms with Crippen LogP contribution in [0.5, 0.6) is 0 Å². The summed E-state index contributed by atoms with van der Waals surface area (Å²) in [6, 6.07) is 1.46. The van der Waals surface area contributed by atoms with Gasteiger partial charge in [-0.3, -0.25) is 15.0 Å². The van der Waals surface area contributed by atoms with Gasteiger partial charge in [0.2, 0.25) is 0 Å². The van der Waals surface area contributed by atoms with Gasteiger partial charge in [-0.25, -0.2) is 0 Å². The summed E-state index contributed by atoms with van der Waals surface area (Å²) in [6.07, 6.45) is 1.62. The lowest BCUT2D eigenvalue weighted by Crippen LogP contribution is -2.13. The molecule has 5 N–H and O–H groups in total. The molecule has 0 aliphatic rings. The third-order valence-corrected chi connectivity index (χ3v) is 1.91. The van der Waals surface area contributed by atoms with Crippen molar-refractivity contribution in [3.8, 4) is 0 Å². The first-order valence-electron chi connectivity index (χ1n) is 4.29. The van der Waals surface area contributed by atoms with Crippen molar-refractivity contribution >= 4 is 17.5 Å². The molecule has 0 fully saturated rings. The molecule has 2 heterocycles. The zero-order valence-electron chi connectivity index (χ0n) is 8.03. The van der Waals surface area contributed by atoms with Crippen molar-refractivity contribution in [2.24, 2.45) is 0 Å². The van der Waals surface area contributed by atoms with Gasteiger partial charge in [0.25, 0.3) is 5.91 Å². The van der Waals surface area contributed by atoms with Crippen molar-refractivity contribution in [2.45, 2.75) is 6.92 Å². The third-order valence-electron chi connectivity index (χ3n) is 1.91. The van der Waals surface area contributed by atoms with E-state index >= 15 is 0 Å². The lowest BCUT2D eigenvalue weighted by atomic mass is 10.3. The molecule has 0 saturated heterocycles. The smallest absolute Gasteiger partial charge is 0.274 e. The molecule has 0 spiro atoms. The van der Waals surface area contributed by atoms with Gasteiger partial charge < -0.3 is 11.1 Å². The summed E-state index contributed by atoms with van der Waals surface area (Å²) in [4.78, 5) is 11.6. The Hall–Kier alpha value is -2.31. The average molecular weight is 206 g/mol. The monoisotopic (exact) mass is 206 g/mol. The molecule has 15 heavy (non-hydrogen) atoms. The molecule has 0 aliphatic heterocycles. The van der Waals surface area contributed by atoms with Gasteiger partial charge >= 0.3 is 0 Å². The Morgan fingerprint density at radius 2 is 2.33 bits per heavy atom. The van der Waals surface area contributed by atoms with Crippen LogP contribution >= 0.6 is 0 Å². The molecule has 2 aromatic heterocycles. The van der Waals surface area contributed by atoms with E-state index in [1.165, 1.54) is 6.07 Å².